The molecule has 5 rings (SSSR count). The standard InChI is InChI=1S/C26H27F3N4/c1-25(2,3)33-13-11-32(12-14-33)19-7-8-20-23(16-19)30-22-10-9-21(31-24(20)22)17-5-4-6-18(15-17)26(27,28)29/h4-10,15-16,30H,11-14H2,1-3H3. The summed E-state index contributed by atoms with van der Waals surface area (Å²) in [5.41, 5.74) is 4.27. The molecule has 0 amide bonds. The minimum atomic E-state index is -4.38. The summed E-state index contributed by atoms with van der Waals surface area (Å²) in [4.78, 5) is 13.0. The number of benzene rings is 2. The van der Waals surface area contributed by atoms with Gasteiger partial charge in [-0.1, -0.05) is 12.1 Å². The van der Waals surface area contributed by atoms with Crippen molar-refractivity contribution < 1.29 is 13.2 Å². The topological polar surface area (TPSA) is 35.2 Å². The van der Waals surface area contributed by atoms with E-state index in [0.29, 0.717) is 11.3 Å². The van der Waals surface area contributed by atoms with Crippen molar-refractivity contribution >= 4 is 27.6 Å². The molecule has 33 heavy (non-hydrogen) atoms. The molecule has 0 bridgehead atoms. The highest BCUT2D eigenvalue weighted by atomic mass is 19.4. The summed E-state index contributed by atoms with van der Waals surface area (Å²) in [5, 5.41) is 0.968. The number of halogens is 3. The van der Waals surface area contributed by atoms with Gasteiger partial charge in [0.1, 0.15) is 0 Å². The number of pyridine rings is 1. The molecule has 0 unspecified atom stereocenters. The van der Waals surface area contributed by atoms with Crippen LogP contribution in [-0.2, 0) is 6.18 Å². The lowest BCUT2D eigenvalue weighted by molar-refractivity contribution is -0.137. The Labute approximate surface area is 191 Å². The van der Waals surface area contributed by atoms with Gasteiger partial charge in [-0.3, -0.25) is 4.90 Å². The maximum atomic E-state index is 13.1. The summed E-state index contributed by atoms with van der Waals surface area (Å²) in [5.74, 6) is 0. The fourth-order valence-corrected chi connectivity index (χ4v) is 4.60. The van der Waals surface area contributed by atoms with Crippen molar-refractivity contribution in [3.05, 3.63) is 60.2 Å². The zero-order valence-electron chi connectivity index (χ0n) is 19.0. The quantitative estimate of drug-likeness (QED) is 0.386. The van der Waals surface area contributed by atoms with Crippen LogP contribution in [-0.4, -0.2) is 46.6 Å². The van der Waals surface area contributed by atoms with Crippen LogP contribution in [0.2, 0.25) is 0 Å². The molecule has 2 aromatic heterocycles. The Bertz CT molecular complexity index is 1310. The number of hydrogen-bond donors (Lipinski definition) is 1. The summed E-state index contributed by atoms with van der Waals surface area (Å²) in [6.07, 6.45) is -4.38. The third-order valence-corrected chi connectivity index (χ3v) is 6.50. The Morgan fingerprint density at radius 2 is 1.61 bits per heavy atom. The van der Waals surface area contributed by atoms with Crippen LogP contribution in [0.5, 0.6) is 0 Å². The van der Waals surface area contributed by atoms with E-state index in [4.69, 9.17) is 4.98 Å². The Hall–Kier alpha value is -3.06. The van der Waals surface area contributed by atoms with Gasteiger partial charge in [-0.15, -0.1) is 0 Å². The first-order chi connectivity index (χ1) is 15.6. The molecule has 4 nitrogen and oxygen atoms in total. The highest BCUT2D eigenvalue weighted by Crippen LogP contribution is 2.34. The summed E-state index contributed by atoms with van der Waals surface area (Å²) in [7, 11) is 0. The van der Waals surface area contributed by atoms with Crippen molar-refractivity contribution in [1.29, 1.82) is 0 Å². The molecular formula is C26H27F3N4. The second-order valence-electron chi connectivity index (χ2n) is 9.67. The van der Waals surface area contributed by atoms with Crippen LogP contribution in [0.15, 0.2) is 54.6 Å². The van der Waals surface area contributed by atoms with Gasteiger partial charge in [0.25, 0.3) is 0 Å². The van der Waals surface area contributed by atoms with E-state index < -0.39 is 11.7 Å². The van der Waals surface area contributed by atoms with Crippen LogP contribution < -0.4 is 4.90 Å². The molecule has 1 saturated heterocycles. The Morgan fingerprint density at radius 3 is 2.30 bits per heavy atom. The number of aromatic nitrogens is 2. The van der Waals surface area contributed by atoms with Crippen LogP contribution in [0.4, 0.5) is 18.9 Å². The number of anilines is 1. The van der Waals surface area contributed by atoms with Crippen LogP contribution in [0, 0.1) is 0 Å². The second-order valence-corrected chi connectivity index (χ2v) is 9.67. The van der Waals surface area contributed by atoms with Gasteiger partial charge in [0.15, 0.2) is 0 Å². The van der Waals surface area contributed by atoms with Crippen molar-refractivity contribution in [3.63, 3.8) is 0 Å². The molecule has 1 aliphatic rings. The summed E-state index contributed by atoms with van der Waals surface area (Å²) in [6.45, 7) is 10.7. The minimum absolute atomic E-state index is 0.177. The van der Waals surface area contributed by atoms with Crippen molar-refractivity contribution in [1.82, 2.24) is 14.9 Å². The van der Waals surface area contributed by atoms with Crippen LogP contribution >= 0.6 is 0 Å². The zero-order chi connectivity index (χ0) is 23.4. The summed E-state index contributed by atoms with van der Waals surface area (Å²) in [6, 6.07) is 15.3. The zero-order valence-corrected chi connectivity index (χ0v) is 19.0. The molecule has 0 saturated carbocycles. The number of nitrogens with zero attached hydrogens (tertiary/aromatic N) is 3. The van der Waals surface area contributed by atoms with E-state index in [0.717, 1.165) is 60.2 Å². The number of piperazine rings is 1. The van der Waals surface area contributed by atoms with E-state index in [2.05, 4.69) is 53.8 Å². The van der Waals surface area contributed by atoms with Gasteiger partial charge in [-0.05, 0) is 63.2 Å². The summed E-state index contributed by atoms with van der Waals surface area (Å²) < 4.78 is 39.4. The SMILES string of the molecule is CC(C)(C)N1CCN(c2ccc3c(c2)[nH]c2ccc(-c4cccc(C(F)(F)F)c4)nc23)CC1. The fourth-order valence-electron chi connectivity index (χ4n) is 4.60. The van der Waals surface area contributed by atoms with Gasteiger partial charge >= 0.3 is 6.18 Å². The minimum Gasteiger partial charge on any atom is -0.369 e. The maximum Gasteiger partial charge on any atom is 0.416 e. The predicted octanol–water partition coefficient (Wildman–Crippen LogP) is 6.32. The average Bonchev–Trinajstić information content (AvgIpc) is 3.15. The Kier molecular flexibility index (Phi) is 5.12. The van der Waals surface area contributed by atoms with Gasteiger partial charge in [0.05, 0.1) is 27.8 Å². The summed E-state index contributed by atoms with van der Waals surface area (Å²) >= 11 is 0. The lowest BCUT2D eigenvalue weighted by Crippen LogP contribution is -2.53. The lowest BCUT2D eigenvalue weighted by atomic mass is 10.0. The third kappa shape index (κ3) is 4.17. The molecule has 0 radical (unpaired) electrons. The van der Waals surface area contributed by atoms with Gasteiger partial charge in [0.2, 0.25) is 0 Å². The number of H-pyrrole nitrogens is 1. The smallest absolute Gasteiger partial charge is 0.369 e. The molecule has 1 fully saturated rings. The number of aromatic amines is 1. The molecule has 0 atom stereocenters. The van der Waals surface area contributed by atoms with E-state index in [1.807, 2.05) is 6.07 Å². The molecule has 2 aromatic carbocycles. The second kappa shape index (κ2) is 7.76. The number of nitrogens with one attached hydrogen (secondary N) is 1. The van der Waals surface area contributed by atoms with Crippen LogP contribution in [0.3, 0.4) is 0 Å². The highest BCUT2D eigenvalue weighted by Gasteiger charge is 2.30. The molecule has 0 spiro atoms. The maximum absolute atomic E-state index is 13.1. The molecule has 172 valence electrons. The van der Waals surface area contributed by atoms with Crippen molar-refractivity contribution in [2.45, 2.75) is 32.5 Å². The van der Waals surface area contributed by atoms with Crippen molar-refractivity contribution in [2.24, 2.45) is 0 Å². The van der Waals surface area contributed by atoms with E-state index in [1.54, 1.807) is 12.1 Å². The monoisotopic (exact) mass is 452 g/mol. The van der Waals surface area contributed by atoms with Gasteiger partial charge in [-0.25, -0.2) is 4.98 Å². The Balaban J connectivity index is 1.46. The van der Waals surface area contributed by atoms with E-state index in [9.17, 15) is 13.2 Å². The van der Waals surface area contributed by atoms with Crippen molar-refractivity contribution in [2.75, 3.05) is 31.1 Å². The van der Waals surface area contributed by atoms with Gasteiger partial charge < -0.3 is 9.88 Å². The predicted molar refractivity (Wildman–Crippen MR) is 128 cm³/mol. The molecule has 1 aliphatic heterocycles. The largest absolute Gasteiger partial charge is 0.416 e. The van der Waals surface area contributed by atoms with E-state index in [-0.39, 0.29) is 5.54 Å². The average molecular weight is 453 g/mol. The normalized spacial score (nSPS) is 16.1. The number of fused-ring (bicyclic) bond motifs is 3. The van der Waals surface area contributed by atoms with Gasteiger partial charge in [0, 0.05) is 48.4 Å². The highest BCUT2D eigenvalue weighted by molar-refractivity contribution is 6.06. The molecule has 1 N–H and O–H groups in total. The van der Waals surface area contributed by atoms with Crippen LogP contribution in [0.1, 0.15) is 26.3 Å². The molecular weight excluding hydrogens is 425 g/mol. The lowest BCUT2D eigenvalue weighted by Gasteiger charge is -2.43. The first kappa shape index (κ1) is 21.8. The van der Waals surface area contributed by atoms with Crippen LogP contribution in [0.25, 0.3) is 33.2 Å². The fraction of sp³-hybridized carbons (Fsp3) is 0.346. The Morgan fingerprint density at radius 1 is 0.848 bits per heavy atom. The molecule has 0 aliphatic carbocycles. The van der Waals surface area contributed by atoms with Crippen molar-refractivity contribution in [3.8, 4) is 11.3 Å². The van der Waals surface area contributed by atoms with Gasteiger partial charge in [-0.2, -0.15) is 13.2 Å². The third-order valence-electron chi connectivity index (χ3n) is 6.50. The molecule has 4 aromatic rings. The number of hydrogen-bond acceptors (Lipinski definition) is 3. The first-order valence-corrected chi connectivity index (χ1v) is 11.2. The van der Waals surface area contributed by atoms with E-state index in [1.165, 1.54) is 11.8 Å². The first-order valence-electron chi connectivity index (χ1n) is 11.2. The number of alkyl halides is 3. The number of rotatable bonds is 2. The molecule has 7 heteroatoms. The molecule has 3 heterocycles. The van der Waals surface area contributed by atoms with E-state index >= 15 is 0 Å².